The lowest BCUT2D eigenvalue weighted by Crippen LogP contribution is -2.49. The van der Waals surface area contributed by atoms with Gasteiger partial charge in [-0.25, -0.2) is 9.78 Å². The summed E-state index contributed by atoms with van der Waals surface area (Å²) in [6.45, 7) is 6.13. The second-order valence-electron chi connectivity index (χ2n) is 9.05. The maximum absolute atomic E-state index is 12.8. The van der Waals surface area contributed by atoms with Gasteiger partial charge in [0, 0.05) is 56.1 Å². The first-order chi connectivity index (χ1) is 18.0. The molecule has 0 unspecified atom stereocenters. The molecule has 4 aromatic rings. The van der Waals surface area contributed by atoms with E-state index in [1.165, 1.54) is 15.9 Å². The van der Waals surface area contributed by atoms with Crippen molar-refractivity contribution in [3.8, 4) is 22.1 Å². The molecule has 1 fully saturated rings. The van der Waals surface area contributed by atoms with Crippen molar-refractivity contribution >= 4 is 28.0 Å². The van der Waals surface area contributed by atoms with Crippen LogP contribution in [0.2, 0.25) is 0 Å². The zero-order valence-corrected chi connectivity index (χ0v) is 21.2. The van der Waals surface area contributed by atoms with Crippen molar-refractivity contribution in [2.75, 3.05) is 44.7 Å². The van der Waals surface area contributed by atoms with Crippen LogP contribution in [-0.4, -0.2) is 69.8 Å². The average Bonchev–Trinajstić information content (AvgIpc) is 3.34. The van der Waals surface area contributed by atoms with Crippen LogP contribution in [0, 0.1) is 6.92 Å². The van der Waals surface area contributed by atoms with Gasteiger partial charge in [-0.3, -0.25) is 9.69 Å². The third kappa shape index (κ3) is 4.87. The molecule has 1 N–H and O–H groups in total. The van der Waals surface area contributed by atoms with Crippen LogP contribution in [0.1, 0.15) is 11.3 Å². The van der Waals surface area contributed by atoms with Gasteiger partial charge in [-0.05, 0) is 24.6 Å². The summed E-state index contributed by atoms with van der Waals surface area (Å²) in [6, 6.07) is 14.8. The van der Waals surface area contributed by atoms with E-state index in [1.807, 2.05) is 43.3 Å². The first-order valence-electron chi connectivity index (χ1n) is 12.2. The number of fused-ring (bicyclic) bond motifs is 2. The summed E-state index contributed by atoms with van der Waals surface area (Å²) in [5, 5.41) is 8.22. The van der Waals surface area contributed by atoms with E-state index < -0.39 is 0 Å². The zero-order valence-electron chi connectivity index (χ0n) is 20.3. The van der Waals surface area contributed by atoms with Gasteiger partial charge in [0.1, 0.15) is 18.2 Å². The van der Waals surface area contributed by atoms with E-state index in [1.54, 1.807) is 17.0 Å². The molecule has 2 aromatic heterocycles. The minimum Gasteiger partial charge on any atom is -0.486 e. The molecule has 0 aliphatic carbocycles. The second-order valence-corrected chi connectivity index (χ2v) is 10.0. The van der Waals surface area contributed by atoms with Crippen LogP contribution >= 0.6 is 11.3 Å². The normalized spacial score (nSPS) is 15.6. The smallest absolute Gasteiger partial charge is 0.321 e. The van der Waals surface area contributed by atoms with Crippen LogP contribution in [-0.2, 0) is 6.54 Å². The molecule has 2 aromatic carbocycles. The Morgan fingerprint density at radius 3 is 2.62 bits per heavy atom. The van der Waals surface area contributed by atoms with E-state index in [9.17, 15) is 9.59 Å². The molecular weight excluding hydrogens is 492 g/mol. The van der Waals surface area contributed by atoms with Gasteiger partial charge in [0.25, 0.3) is 5.56 Å². The highest BCUT2D eigenvalue weighted by Gasteiger charge is 2.23. The number of amides is 2. The van der Waals surface area contributed by atoms with E-state index in [2.05, 4.69) is 15.3 Å². The summed E-state index contributed by atoms with van der Waals surface area (Å²) < 4.78 is 12.5. The lowest BCUT2D eigenvalue weighted by molar-refractivity contribution is 0.142. The predicted molar refractivity (Wildman–Crippen MR) is 141 cm³/mol. The summed E-state index contributed by atoms with van der Waals surface area (Å²) in [5.41, 5.74) is 3.30. The fraction of sp³-hybridized carbons (Fsp3) is 0.308. The molecule has 4 heterocycles. The lowest BCUT2D eigenvalue weighted by Gasteiger charge is -2.34. The van der Waals surface area contributed by atoms with Gasteiger partial charge in [0.05, 0.1) is 5.69 Å². The Morgan fingerprint density at radius 1 is 1.03 bits per heavy atom. The summed E-state index contributed by atoms with van der Waals surface area (Å²) in [5.74, 6) is 1.33. The monoisotopic (exact) mass is 518 g/mol. The van der Waals surface area contributed by atoms with Crippen molar-refractivity contribution in [1.29, 1.82) is 0 Å². The summed E-state index contributed by atoms with van der Waals surface area (Å²) in [4.78, 5) is 34.8. The minimum absolute atomic E-state index is 0.150. The number of aromatic nitrogens is 3. The van der Waals surface area contributed by atoms with Crippen LogP contribution in [0.25, 0.3) is 15.5 Å². The van der Waals surface area contributed by atoms with Crippen LogP contribution in [0.5, 0.6) is 11.5 Å². The molecule has 2 aliphatic heterocycles. The number of piperazine rings is 1. The largest absolute Gasteiger partial charge is 0.486 e. The summed E-state index contributed by atoms with van der Waals surface area (Å²) in [6.07, 6.45) is 0. The number of benzene rings is 2. The second kappa shape index (κ2) is 9.83. The molecule has 11 heteroatoms. The van der Waals surface area contributed by atoms with E-state index in [4.69, 9.17) is 14.5 Å². The van der Waals surface area contributed by atoms with Crippen molar-refractivity contribution in [1.82, 2.24) is 24.4 Å². The van der Waals surface area contributed by atoms with Crippen LogP contribution in [0.15, 0.2) is 53.3 Å². The molecule has 0 bridgehead atoms. The Bertz CT molecular complexity index is 1530. The van der Waals surface area contributed by atoms with Crippen molar-refractivity contribution < 1.29 is 14.3 Å². The van der Waals surface area contributed by atoms with Gasteiger partial charge in [0.15, 0.2) is 11.5 Å². The highest BCUT2D eigenvalue weighted by molar-refractivity contribution is 7.19. The Morgan fingerprint density at radius 2 is 1.81 bits per heavy atom. The SMILES string of the molecule is Cc1ccccc1-c1nn2c(=O)cc(CN3CCN(C(=O)Nc4ccc5c(c4)OCCO5)CC3)nc2s1. The number of ether oxygens (including phenoxy) is 2. The van der Waals surface area contributed by atoms with Gasteiger partial charge in [-0.1, -0.05) is 35.6 Å². The number of anilines is 1. The van der Waals surface area contributed by atoms with Crippen LogP contribution in [0.4, 0.5) is 10.5 Å². The zero-order chi connectivity index (χ0) is 25.4. The Balaban J connectivity index is 1.08. The van der Waals surface area contributed by atoms with E-state index >= 15 is 0 Å². The summed E-state index contributed by atoms with van der Waals surface area (Å²) >= 11 is 1.41. The first-order valence-corrected chi connectivity index (χ1v) is 13.0. The fourth-order valence-electron chi connectivity index (χ4n) is 4.52. The highest BCUT2D eigenvalue weighted by atomic mass is 32.1. The van der Waals surface area contributed by atoms with Crippen molar-refractivity contribution in [2.45, 2.75) is 13.5 Å². The van der Waals surface area contributed by atoms with Crippen molar-refractivity contribution in [3.63, 3.8) is 0 Å². The number of aryl methyl sites for hydroxylation is 1. The van der Waals surface area contributed by atoms with Crippen molar-refractivity contribution in [2.24, 2.45) is 0 Å². The third-order valence-electron chi connectivity index (χ3n) is 6.51. The Kier molecular flexibility index (Phi) is 6.23. The third-order valence-corrected chi connectivity index (χ3v) is 7.45. The molecule has 10 nitrogen and oxygen atoms in total. The molecule has 0 spiro atoms. The predicted octanol–water partition coefficient (Wildman–Crippen LogP) is 3.25. The minimum atomic E-state index is -0.187. The number of hydrogen-bond donors (Lipinski definition) is 1. The topological polar surface area (TPSA) is 101 Å². The molecule has 37 heavy (non-hydrogen) atoms. The molecule has 0 radical (unpaired) electrons. The Hall–Kier alpha value is -3.96. The lowest BCUT2D eigenvalue weighted by atomic mass is 10.1. The van der Waals surface area contributed by atoms with Crippen LogP contribution < -0.4 is 20.3 Å². The molecule has 1 saturated heterocycles. The molecule has 2 amide bonds. The number of nitrogens with one attached hydrogen (secondary N) is 1. The van der Waals surface area contributed by atoms with E-state index in [-0.39, 0.29) is 11.6 Å². The van der Waals surface area contributed by atoms with Gasteiger partial charge in [-0.15, -0.1) is 0 Å². The molecule has 2 aliphatic rings. The highest BCUT2D eigenvalue weighted by Crippen LogP contribution is 2.32. The van der Waals surface area contributed by atoms with Gasteiger partial charge >= 0.3 is 6.03 Å². The first kappa shape index (κ1) is 23.4. The maximum atomic E-state index is 12.8. The number of carbonyl (C=O) groups is 1. The average molecular weight is 519 g/mol. The standard InChI is InChI=1S/C26H26N6O4S/c1-17-4-2-3-5-20(17)24-29-32-23(33)15-19(28-26(32)37-24)16-30-8-10-31(11-9-30)25(34)27-18-6-7-21-22(14-18)36-13-12-35-21/h2-7,14-15H,8-13,16H2,1H3,(H,27,34). The molecule has 6 rings (SSSR count). The van der Waals surface area contributed by atoms with Crippen LogP contribution in [0.3, 0.4) is 0 Å². The number of rotatable bonds is 4. The quantitative estimate of drug-likeness (QED) is 0.443. The summed E-state index contributed by atoms with van der Waals surface area (Å²) in [7, 11) is 0. The number of nitrogens with zero attached hydrogens (tertiary/aromatic N) is 5. The van der Waals surface area contributed by atoms with Gasteiger partial charge in [0.2, 0.25) is 4.96 Å². The van der Waals surface area contributed by atoms with Gasteiger partial charge < -0.3 is 19.7 Å². The number of hydrogen-bond acceptors (Lipinski definition) is 8. The molecule has 0 atom stereocenters. The van der Waals surface area contributed by atoms with E-state index in [0.717, 1.165) is 16.1 Å². The van der Waals surface area contributed by atoms with Gasteiger partial charge in [-0.2, -0.15) is 9.61 Å². The Labute approximate surface area is 217 Å². The fourth-order valence-corrected chi connectivity index (χ4v) is 5.54. The number of carbonyl (C=O) groups excluding carboxylic acids is 1. The molecule has 0 saturated carbocycles. The molecular formula is C26H26N6O4S. The number of urea groups is 1. The van der Waals surface area contributed by atoms with Crippen molar-refractivity contribution in [3.05, 3.63) is 70.1 Å². The maximum Gasteiger partial charge on any atom is 0.321 e. The van der Waals surface area contributed by atoms with E-state index in [0.29, 0.717) is 73.8 Å². The molecule has 190 valence electrons.